The normalized spacial score (nSPS) is 18.0. The van der Waals surface area contributed by atoms with E-state index in [9.17, 15) is 34.5 Å². The van der Waals surface area contributed by atoms with Gasteiger partial charge in [0.25, 0.3) is 0 Å². The molecule has 8 heteroatoms. The van der Waals surface area contributed by atoms with Gasteiger partial charge in [-0.3, -0.25) is 19.2 Å². The number of aliphatic hydroxyl groups excluding tert-OH is 2. The highest BCUT2D eigenvalue weighted by Crippen LogP contribution is 2.54. The largest absolute Gasteiger partial charge is 0.510 e. The van der Waals surface area contributed by atoms with E-state index in [0.29, 0.717) is 17.4 Å². The van der Waals surface area contributed by atoms with Crippen LogP contribution in [0.15, 0.2) is 49.5 Å². The molecule has 40 heavy (non-hydrogen) atoms. The fourth-order valence-corrected chi connectivity index (χ4v) is 6.57. The molecule has 2 aromatic rings. The molecule has 6 rings (SSSR count). The minimum absolute atomic E-state index is 0.0634. The lowest BCUT2D eigenvalue weighted by Crippen LogP contribution is -2.51. The van der Waals surface area contributed by atoms with Crippen molar-refractivity contribution in [2.24, 2.45) is 0 Å². The molecule has 1 spiro atoms. The van der Waals surface area contributed by atoms with Gasteiger partial charge in [-0.15, -0.1) is 0 Å². The van der Waals surface area contributed by atoms with Crippen molar-refractivity contribution in [1.29, 1.82) is 0 Å². The lowest BCUT2D eigenvalue weighted by atomic mass is 9.78. The Balaban J connectivity index is 1.73. The molecule has 0 heterocycles. The second-order valence-corrected chi connectivity index (χ2v) is 10.6. The van der Waals surface area contributed by atoms with Crippen molar-refractivity contribution in [3.8, 4) is 11.5 Å². The van der Waals surface area contributed by atoms with Crippen molar-refractivity contribution in [3.63, 3.8) is 0 Å². The standard InChI is InChI=1S/C32H26O8/c1-4-5-6-7-15-10-14(2)20-17(11-15)12-16-8-9-32(25(16)29(20)37)30(38)23-24(31(32)39)28(36)22-21(27(23)35)18(33)13-19(40-3)26(22)34/h6-7,10-13,37-39H,4-5,8-9H2,1-3H3/b7-6+. The third-order valence-electron chi connectivity index (χ3n) is 8.34. The SMILES string of the molecule is CCC/C=C/c1cc(C)c2c(O)c3c(cc2c1)CCC31C(O)=c2c(=O)c3c(=O)cc(OC)c(=O)c=3c(=O)c2=C1O. The average molecular weight is 539 g/mol. The summed E-state index contributed by atoms with van der Waals surface area (Å²) in [6, 6.07) is 6.60. The van der Waals surface area contributed by atoms with Crippen LogP contribution < -0.4 is 36.9 Å². The van der Waals surface area contributed by atoms with Crippen molar-refractivity contribution in [2.45, 2.75) is 44.9 Å². The summed E-state index contributed by atoms with van der Waals surface area (Å²) in [4.78, 5) is 52.9. The summed E-state index contributed by atoms with van der Waals surface area (Å²) in [7, 11) is 1.16. The van der Waals surface area contributed by atoms with E-state index in [0.717, 1.165) is 42.5 Å². The van der Waals surface area contributed by atoms with Gasteiger partial charge >= 0.3 is 0 Å². The maximum absolute atomic E-state index is 13.6. The van der Waals surface area contributed by atoms with E-state index < -0.39 is 65.3 Å². The van der Waals surface area contributed by atoms with Crippen LogP contribution in [0.2, 0.25) is 0 Å². The number of benzene rings is 2. The Morgan fingerprint density at radius 2 is 1.57 bits per heavy atom. The first-order valence-corrected chi connectivity index (χ1v) is 13.1. The summed E-state index contributed by atoms with van der Waals surface area (Å²) in [6.45, 7) is 3.94. The number of ether oxygens (including phenoxy) is 1. The van der Waals surface area contributed by atoms with Gasteiger partial charge in [0.15, 0.2) is 11.2 Å². The Kier molecular flexibility index (Phi) is 5.52. The van der Waals surface area contributed by atoms with Crippen molar-refractivity contribution in [1.82, 2.24) is 0 Å². The van der Waals surface area contributed by atoms with Gasteiger partial charge in [0.1, 0.15) is 22.7 Å². The van der Waals surface area contributed by atoms with E-state index in [2.05, 4.69) is 13.0 Å². The Morgan fingerprint density at radius 1 is 0.900 bits per heavy atom. The van der Waals surface area contributed by atoms with Crippen LogP contribution in [0, 0.1) is 17.4 Å². The van der Waals surface area contributed by atoms with Gasteiger partial charge in [-0.25, -0.2) is 0 Å². The zero-order chi connectivity index (χ0) is 28.7. The molecule has 3 N–H and O–H groups in total. The lowest BCUT2D eigenvalue weighted by Gasteiger charge is -2.27. The van der Waals surface area contributed by atoms with Crippen LogP contribution in [-0.2, 0) is 11.8 Å². The number of methoxy groups -OCH3 is 1. The summed E-state index contributed by atoms with van der Waals surface area (Å²) in [5.74, 6) is -1.80. The molecule has 202 valence electrons. The highest BCUT2D eigenvalue weighted by Gasteiger charge is 2.53. The molecule has 4 aliphatic rings. The number of fused-ring (bicyclic) bond motifs is 4. The fraction of sp³-hybridized carbons (Fsp3) is 0.250. The maximum Gasteiger partial charge on any atom is 0.232 e. The van der Waals surface area contributed by atoms with Crippen molar-refractivity contribution in [2.75, 3.05) is 7.11 Å². The highest BCUT2D eigenvalue weighted by atomic mass is 16.5. The van der Waals surface area contributed by atoms with Crippen LogP contribution >= 0.6 is 0 Å². The van der Waals surface area contributed by atoms with Gasteiger partial charge in [-0.1, -0.05) is 37.6 Å². The smallest absolute Gasteiger partial charge is 0.232 e. The van der Waals surface area contributed by atoms with E-state index >= 15 is 0 Å². The van der Waals surface area contributed by atoms with Crippen LogP contribution in [0.4, 0.5) is 0 Å². The number of hydrogen-bond donors (Lipinski definition) is 3. The third-order valence-corrected chi connectivity index (χ3v) is 8.34. The monoisotopic (exact) mass is 538 g/mol. The van der Waals surface area contributed by atoms with Crippen LogP contribution in [0.3, 0.4) is 0 Å². The van der Waals surface area contributed by atoms with Gasteiger partial charge in [-0.2, -0.15) is 0 Å². The van der Waals surface area contributed by atoms with Gasteiger partial charge in [0.05, 0.1) is 28.0 Å². The minimum atomic E-state index is -1.77. The fourth-order valence-electron chi connectivity index (χ4n) is 6.57. The van der Waals surface area contributed by atoms with Crippen LogP contribution in [0.5, 0.6) is 11.5 Å². The van der Waals surface area contributed by atoms with Crippen LogP contribution in [-0.4, -0.2) is 22.4 Å². The van der Waals surface area contributed by atoms with Crippen molar-refractivity contribution < 1.29 is 20.1 Å². The molecule has 0 aliphatic heterocycles. The topological polar surface area (TPSA) is 138 Å². The third kappa shape index (κ3) is 3.07. The predicted molar refractivity (Wildman–Crippen MR) is 151 cm³/mol. The zero-order valence-corrected chi connectivity index (χ0v) is 22.2. The van der Waals surface area contributed by atoms with Crippen LogP contribution in [0.1, 0.15) is 48.4 Å². The van der Waals surface area contributed by atoms with E-state index in [4.69, 9.17) is 4.74 Å². The summed E-state index contributed by atoms with van der Waals surface area (Å²) >= 11 is 0. The number of unbranched alkanes of at least 4 members (excludes halogenated alkanes) is 1. The number of rotatable bonds is 4. The summed E-state index contributed by atoms with van der Waals surface area (Å²) in [5, 5.41) is 33.7. The quantitative estimate of drug-likeness (QED) is 0.359. The number of aryl methyl sites for hydroxylation is 2. The number of hydrogen-bond acceptors (Lipinski definition) is 8. The summed E-state index contributed by atoms with van der Waals surface area (Å²) in [5.41, 5.74) is -3.10. The predicted octanol–water partition coefficient (Wildman–Crippen LogP) is 1.95. The molecule has 0 saturated heterocycles. The maximum atomic E-state index is 13.6. The average Bonchev–Trinajstić information content (AvgIpc) is 3.40. The first kappa shape index (κ1) is 25.6. The zero-order valence-electron chi connectivity index (χ0n) is 22.2. The number of allylic oxidation sites excluding steroid dienone is 1. The molecule has 0 saturated carbocycles. The Labute approximate surface area is 226 Å². The molecule has 0 aromatic heterocycles. The number of aliphatic hydroxyl groups is 2. The molecule has 0 bridgehead atoms. The van der Waals surface area contributed by atoms with Crippen molar-refractivity contribution in [3.05, 3.63) is 114 Å². The Hall–Kier alpha value is -4.72. The number of aromatic hydroxyl groups is 1. The van der Waals surface area contributed by atoms with Gasteiger partial charge < -0.3 is 20.1 Å². The van der Waals surface area contributed by atoms with E-state index in [1.807, 2.05) is 31.2 Å². The van der Waals surface area contributed by atoms with Gasteiger partial charge in [-0.05, 0) is 54.3 Å². The molecule has 0 radical (unpaired) electrons. The number of phenols is 1. The minimum Gasteiger partial charge on any atom is -0.510 e. The second-order valence-electron chi connectivity index (χ2n) is 10.6. The molecular formula is C32H26O8. The summed E-state index contributed by atoms with van der Waals surface area (Å²) < 4.78 is 4.92. The van der Waals surface area contributed by atoms with Gasteiger partial charge in [0, 0.05) is 17.0 Å². The Morgan fingerprint density at radius 3 is 2.23 bits per heavy atom. The van der Waals surface area contributed by atoms with Crippen LogP contribution in [0.25, 0.3) is 28.4 Å². The highest BCUT2D eigenvalue weighted by molar-refractivity contribution is 5.97. The molecule has 4 aliphatic carbocycles. The molecule has 0 amide bonds. The molecule has 0 fully saturated rings. The molecule has 1 atom stereocenters. The molecular weight excluding hydrogens is 512 g/mol. The van der Waals surface area contributed by atoms with E-state index in [1.54, 1.807) is 0 Å². The van der Waals surface area contributed by atoms with E-state index in [-0.39, 0.29) is 17.7 Å². The van der Waals surface area contributed by atoms with Crippen molar-refractivity contribution >= 4 is 28.4 Å². The van der Waals surface area contributed by atoms with Gasteiger partial charge in [0.2, 0.25) is 16.3 Å². The first-order valence-electron chi connectivity index (χ1n) is 13.1. The number of phenolic OH excluding ortho intramolecular Hbond substituents is 1. The molecule has 1 unspecified atom stereocenters. The second kappa shape index (κ2) is 8.64. The van der Waals surface area contributed by atoms with E-state index in [1.165, 1.54) is 0 Å². The summed E-state index contributed by atoms with van der Waals surface area (Å²) in [6.07, 6.45) is 6.45. The molecule has 2 aromatic carbocycles. The molecule has 8 nitrogen and oxygen atoms in total. The Bertz CT molecular complexity index is 2240. The lowest BCUT2D eigenvalue weighted by molar-refractivity contribution is 0.362. The first-order chi connectivity index (χ1) is 19.1.